The predicted molar refractivity (Wildman–Crippen MR) is 117 cm³/mol. The molecule has 150 valence electrons. The number of hydrogen-bond acceptors (Lipinski definition) is 5. The SMILES string of the molecule is CC(C)(C)O.Cc1cc2nc(NN)ccc2c(-c2ccc(Cl)cc2)c1CCO. The van der Waals surface area contributed by atoms with Gasteiger partial charge in [-0.05, 0) is 86.7 Å². The number of nitrogen functional groups attached to an aromatic ring is 1. The van der Waals surface area contributed by atoms with E-state index in [-0.39, 0.29) is 6.61 Å². The highest BCUT2D eigenvalue weighted by molar-refractivity contribution is 6.30. The lowest BCUT2D eigenvalue weighted by molar-refractivity contribution is 0.102. The van der Waals surface area contributed by atoms with Crippen molar-refractivity contribution >= 4 is 28.3 Å². The van der Waals surface area contributed by atoms with Gasteiger partial charge in [-0.1, -0.05) is 23.7 Å². The van der Waals surface area contributed by atoms with Crippen LogP contribution >= 0.6 is 11.6 Å². The molecule has 3 aromatic rings. The molecule has 0 unspecified atom stereocenters. The number of anilines is 1. The Balaban J connectivity index is 0.000000500. The van der Waals surface area contributed by atoms with Crippen molar-refractivity contribution in [2.45, 2.75) is 39.7 Å². The Hall–Kier alpha value is -2.18. The first-order chi connectivity index (χ1) is 13.1. The number of hydrogen-bond donors (Lipinski definition) is 4. The molecule has 6 heteroatoms. The monoisotopic (exact) mass is 401 g/mol. The molecule has 28 heavy (non-hydrogen) atoms. The molecule has 0 bridgehead atoms. The number of pyridine rings is 1. The number of aliphatic hydroxyl groups excluding tert-OH is 1. The summed E-state index contributed by atoms with van der Waals surface area (Å²) in [7, 11) is 0. The van der Waals surface area contributed by atoms with Crippen molar-refractivity contribution in [2.75, 3.05) is 12.0 Å². The third-order valence-electron chi connectivity index (χ3n) is 3.97. The summed E-state index contributed by atoms with van der Waals surface area (Å²) < 4.78 is 0. The minimum absolute atomic E-state index is 0.100. The van der Waals surface area contributed by atoms with Crippen LogP contribution in [-0.4, -0.2) is 27.4 Å². The zero-order valence-corrected chi connectivity index (χ0v) is 17.5. The van der Waals surface area contributed by atoms with E-state index in [0.29, 0.717) is 17.3 Å². The summed E-state index contributed by atoms with van der Waals surface area (Å²) in [4.78, 5) is 4.53. The van der Waals surface area contributed by atoms with Crippen LogP contribution in [0.2, 0.25) is 5.02 Å². The Labute approximate surface area is 171 Å². The van der Waals surface area contributed by atoms with Crippen LogP contribution in [0.1, 0.15) is 31.9 Å². The number of fused-ring (bicyclic) bond motifs is 1. The highest BCUT2D eigenvalue weighted by Gasteiger charge is 2.14. The van der Waals surface area contributed by atoms with Crippen molar-refractivity contribution in [3.63, 3.8) is 0 Å². The van der Waals surface area contributed by atoms with Gasteiger partial charge in [0.05, 0.1) is 11.1 Å². The third kappa shape index (κ3) is 5.91. The van der Waals surface area contributed by atoms with Crippen LogP contribution < -0.4 is 11.3 Å². The van der Waals surface area contributed by atoms with Crippen LogP contribution in [0.25, 0.3) is 22.0 Å². The maximum Gasteiger partial charge on any atom is 0.140 e. The lowest BCUT2D eigenvalue weighted by Crippen LogP contribution is -2.10. The molecule has 0 radical (unpaired) electrons. The second-order valence-corrected chi connectivity index (χ2v) is 8.04. The molecular weight excluding hydrogens is 374 g/mol. The maximum atomic E-state index is 9.45. The minimum atomic E-state index is -0.500. The Morgan fingerprint density at radius 3 is 2.25 bits per heavy atom. The van der Waals surface area contributed by atoms with E-state index >= 15 is 0 Å². The van der Waals surface area contributed by atoms with Gasteiger partial charge in [-0.2, -0.15) is 0 Å². The summed E-state index contributed by atoms with van der Waals surface area (Å²) in [6.07, 6.45) is 0.594. The molecule has 0 amide bonds. The molecule has 0 aliphatic heterocycles. The lowest BCUT2D eigenvalue weighted by Gasteiger charge is -2.16. The van der Waals surface area contributed by atoms with Gasteiger partial charge in [0.1, 0.15) is 5.82 Å². The average molecular weight is 402 g/mol. The number of benzene rings is 2. The normalized spacial score (nSPS) is 11.1. The quantitative estimate of drug-likeness (QED) is 0.382. The molecule has 0 aliphatic rings. The Morgan fingerprint density at radius 2 is 1.71 bits per heavy atom. The van der Waals surface area contributed by atoms with Crippen LogP contribution in [0.15, 0.2) is 42.5 Å². The number of aromatic nitrogens is 1. The number of aryl methyl sites for hydroxylation is 1. The Bertz CT molecular complexity index is 929. The fourth-order valence-electron chi connectivity index (χ4n) is 2.91. The highest BCUT2D eigenvalue weighted by Crippen LogP contribution is 2.35. The molecule has 5 nitrogen and oxygen atoms in total. The molecule has 5 N–H and O–H groups in total. The van der Waals surface area contributed by atoms with E-state index in [2.05, 4.69) is 10.4 Å². The van der Waals surface area contributed by atoms with E-state index in [4.69, 9.17) is 22.6 Å². The second kappa shape index (κ2) is 9.34. The van der Waals surface area contributed by atoms with Gasteiger partial charge in [0.15, 0.2) is 0 Å². The van der Waals surface area contributed by atoms with E-state index in [1.165, 1.54) is 0 Å². The van der Waals surface area contributed by atoms with E-state index < -0.39 is 5.60 Å². The maximum absolute atomic E-state index is 9.45. The summed E-state index contributed by atoms with van der Waals surface area (Å²) in [5, 5.41) is 19.7. The van der Waals surface area contributed by atoms with Crippen LogP contribution in [0, 0.1) is 6.92 Å². The number of halogens is 1. The van der Waals surface area contributed by atoms with E-state index in [1.807, 2.05) is 49.4 Å². The number of hydrazine groups is 1. The van der Waals surface area contributed by atoms with Gasteiger partial charge in [0.25, 0.3) is 0 Å². The van der Waals surface area contributed by atoms with Gasteiger partial charge >= 0.3 is 0 Å². The van der Waals surface area contributed by atoms with E-state index in [0.717, 1.165) is 33.2 Å². The van der Waals surface area contributed by atoms with Gasteiger partial charge in [-0.15, -0.1) is 0 Å². The average Bonchev–Trinajstić information content (AvgIpc) is 2.61. The molecule has 1 heterocycles. The van der Waals surface area contributed by atoms with Gasteiger partial charge in [-0.25, -0.2) is 10.8 Å². The van der Waals surface area contributed by atoms with E-state index in [9.17, 15) is 5.11 Å². The predicted octanol–water partition coefficient (Wildman–Crippen LogP) is 4.46. The second-order valence-electron chi connectivity index (χ2n) is 7.61. The topological polar surface area (TPSA) is 91.4 Å². The molecule has 0 spiro atoms. The van der Waals surface area contributed by atoms with Gasteiger partial charge in [0.2, 0.25) is 0 Å². The summed E-state index contributed by atoms with van der Waals surface area (Å²) in [6, 6.07) is 13.6. The first-order valence-corrected chi connectivity index (χ1v) is 9.51. The van der Waals surface area contributed by atoms with Gasteiger partial charge in [-0.3, -0.25) is 0 Å². The zero-order valence-electron chi connectivity index (χ0n) is 16.8. The van der Waals surface area contributed by atoms with E-state index in [1.54, 1.807) is 20.8 Å². The number of nitrogens with zero attached hydrogens (tertiary/aromatic N) is 1. The smallest absolute Gasteiger partial charge is 0.140 e. The number of rotatable bonds is 4. The van der Waals surface area contributed by atoms with Crippen molar-refractivity contribution < 1.29 is 10.2 Å². The molecule has 3 rings (SSSR count). The molecule has 0 atom stereocenters. The third-order valence-corrected chi connectivity index (χ3v) is 4.22. The van der Waals surface area contributed by atoms with Crippen LogP contribution in [-0.2, 0) is 6.42 Å². The first kappa shape index (κ1) is 22.1. The number of nitrogens with one attached hydrogen (secondary N) is 1. The van der Waals surface area contributed by atoms with Crippen molar-refractivity contribution in [1.82, 2.24) is 4.98 Å². The van der Waals surface area contributed by atoms with Crippen LogP contribution in [0.4, 0.5) is 5.82 Å². The van der Waals surface area contributed by atoms with Crippen molar-refractivity contribution in [3.8, 4) is 11.1 Å². The first-order valence-electron chi connectivity index (χ1n) is 9.13. The highest BCUT2D eigenvalue weighted by atomic mass is 35.5. The summed E-state index contributed by atoms with van der Waals surface area (Å²) >= 11 is 6.01. The van der Waals surface area contributed by atoms with Gasteiger partial charge in [0, 0.05) is 17.0 Å². The number of nitrogens with two attached hydrogens (primary N) is 1. The minimum Gasteiger partial charge on any atom is -0.396 e. The molecule has 0 saturated heterocycles. The zero-order chi connectivity index (χ0) is 20.9. The largest absolute Gasteiger partial charge is 0.396 e. The summed E-state index contributed by atoms with van der Waals surface area (Å²) in [6.45, 7) is 7.36. The van der Waals surface area contributed by atoms with Crippen LogP contribution in [0.3, 0.4) is 0 Å². The molecule has 2 aromatic carbocycles. The standard InChI is InChI=1S/C18H18ClN3O.C4H10O/c1-11-10-16-15(6-7-17(21-16)22-20)18(14(11)8-9-23)12-2-4-13(19)5-3-12;1-4(2,3)5/h2-7,10,23H,8-9,20H2,1H3,(H,21,22);5H,1-3H3. The Kier molecular flexibility index (Phi) is 7.38. The van der Waals surface area contributed by atoms with Crippen molar-refractivity contribution in [3.05, 3.63) is 58.6 Å². The molecule has 1 aromatic heterocycles. The fourth-order valence-corrected chi connectivity index (χ4v) is 3.03. The van der Waals surface area contributed by atoms with Crippen molar-refractivity contribution in [2.24, 2.45) is 5.84 Å². The number of aliphatic hydroxyl groups is 2. The molecular formula is C22H28ClN3O2. The molecule has 0 aliphatic carbocycles. The van der Waals surface area contributed by atoms with Gasteiger partial charge < -0.3 is 15.6 Å². The molecule has 0 fully saturated rings. The van der Waals surface area contributed by atoms with Crippen LogP contribution in [0.5, 0.6) is 0 Å². The summed E-state index contributed by atoms with van der Waals surface area (Å²) in [5.74, 6) is 6.08. The fraction of sp³-hybridized carbons (Fsp3) is 0.318. The van der Waals surface area contributed by atoms with Crippen molar-refractivity contribution in [1.29, 1.82) is 0 Å². The molecule has 0 saturated carbocycles. The lowest BCUT2D eigenvalue weighted by atomic mass is 9.90. The Morgan fingerprint density at radius 1 is 1.11 bits per heavy atom. The summed E-state index contributed by atoms with van der Waals surface area (Å²) in [5.41, 5.74) is 7.30.